The Morgan fingerprint density at radius 1 is 1.39 bits per heavy atom. The molecule has 23 heavy (non-hydrogen) atoms. The molecule has 1 aliphatic rings. The molecule has 3 rings (SSSR count). The van der Waals surface area contributed by atoms with Crippen molar-refractivity contribution < 1.29 is 29.5 Å². The van der Waals surface area contributed by atoms with Gasteiger partial charge in [0.1, 0.15) is 30.2 Å². The Morgan fingerprint density at radius 2 is 2.13 bits per heavy atom. The highest BCUT2D eigenvalue weighted by Gasteiger charge is 2.60. The van der Waals surface area contributed by atoms with Gasteiger partial charge in [0.05, 0.1) is 12.9 Å². The number of nitrogens with zero attached hydrogens (tertiary/aromatic N) is 4. The number of imidazole rings is 1. The van der Waals surface area contributed by atoms with Crippen molar-refractivity contribution in [2.45, 2.75) is 24.0 Å². The van der Waals surface area contributed by atoms with Crippen molar-refractivity contribution in [1.29, 1.82) is 0 Å². The highest BCUT2D eigenvalue weighted by molar-refractivity contribution is 7.38. The summed E-state index contributed by atoms with van der Waals surface area (Å²) in [7, 11) is -2.75. The highest BCUT2D eigenvalue weighted by atomic mass is 31.1. The van der Waals surface area contributed by atoms with E-state index in [1.165, 1.54) is 17.2 Å². The smallest absolute Gasteiger partial charge is 0.394 e. The van der Waals surface area contributed by atoms with Gasteiger partial charge in [-0.25, -0.2) is 15.0 Å². The molecule has 1 fully saturated rings. The van der Waals surface area contributed by atoms with Gasteiger partial charge in [-0.3, -0.25) is 4.57 Å². The van der Waals surface area contributed by atoms with Crippen LogP contribution < -0.4 is 5.73 Å². The van der Waals surface area contributed by atoms with Gasteiger partial charge in [-0.15, -0.1) is 0 Å². The number of hydrogen-bond donors (Lipinski definition) is 5. The van der Waals surface area contributed by atoms with Gasteiger partial charge in [0, 0.05) is 0 Å². The van der Waals surface area contributed by atoms with Crippen molar-refractivity contribution in [3.8, 4) is 0 Å². The summed E-state index contributed by atoms with van der Waals surface area (Å²) in [6, 6.07) is 0. The molecule has 1 unspecified atom stereocenters. The number of ether oxygens (including phenoxy) is 1. The first-order valence-corrected chi connectivity index (χ1v) is 8.03. The molecule has 0 spiro atoms. The van der Waals surface area contributed by atoms with Crippen LogP contribution in [-0.4, -0.2) is 70.8 Å². The van der Waals surface area contributed by atoms with E-state index in [0.29, 0.717) is 0 Å². The minimum Gasteiger partial charge on any atom is -0.394 e. The number of aliphatic hydroxyl groups is 3. The second kappa shape index (κ2) is 5.71. The molecule has 3 heterocycles. The maximum Gasteiger partial charge on any atom is 0.510 e. The quantitative estimate of drug-likeness (QED) is 0.386. The zero-order chi connectivity index (χ0) is 16.8. The fourth-order valence-corrected chi connectivity index (χ4v) is 3.55. The molecule has 0 aromatic carbocycles. The average molecular weight is 344 g/mol. The van der Waals surface area contributed by atoms with E-state index in [1.807, 2.05) is 0 Å². The van der Waals surface area contributed by atoms with Gasteiger partial charge in [0.25, 0.3) is 0 Å². The van der Waals surface area contributed by atoms with Crippen LogP contribution in [0, 0.1) is 0 Å². The van der Waals surface area contributed by atoms with Crippen molar-refractivity contribution in [1.82, 2.24) is 19.5 Å². The van der Waals surface area contributed by atoms with Gasteiger partial charge >= 0.3 is 8.03 Å². The number of rotatable bonds is 4. The van der Waals surface area contributed by atoms with Gasteiger partial charge in [-0.2, -0.15) is 4.89 Å². The maximum absolute atomic E-state index is 11.4. The van der Waals surface area contributed by atoms with E-state index in [9.17, 15) is 24.8 Å². The Labute approximate surface area is 130 Å². The third kappa shape index (κ3) is 2.38. The lowest BCUT2D eigenvalue weighted by Crippen LogP contribution is -2.47. The van der Waals surface area contributed by atoms with Crippen molar-refractivity contribution in [3.63, 3.8) is 0 Å². The molecule has 5 atom stereocenters. The number of aliphatic hydroxyl groups excluding tert-OH is 3. The number of nitrogen functional groups attached to an aromatic ring is 1. The molecule has 6 N–H and O–H groups in total. The fraction of sp³-hybridized carbons (Fsp3) is 0.545. The Hall–Kier alpha value is -1.75. The summed E-state index contributed by atoms with van der Waals surface area (Å²) in [5.74, 6) is 0.0871. The summed E-state index contributed by atoms with van der Waals surface area (Å²) >= 11 is 0. The van der Waals surface area contributed by atoms with Crippen molar-refractivity contribution >= 4 is 25.0 Å². The molecule has 0 saturated carbocycles. The lowest BCUT2D eigenvalue weighted by Gasteiger charge is -2.29. The van der Waals surface area contributed by atoms with E-state index in [1.54, 1.807) is 0 Å². The van der Waals surface area contributed by atoms with Crippen LogP contribution in [-0.2, 0) is 15.0 Å². The number of aromatic nitrogens is 4. The van der Waals surface area contributed by atoms with Crippen LogP contribution in [0.15, 0.2) is 12.7 Å². The van der Waals surface area contributed by atoms with Gasteiger partial charge < -0.3 is 25.8 Å². The zero-order valence-corrected chi connectivity index (χ0v) is 12.6. The summed E-state index contributed by atoms with van der Waals surface area (Å²) in [6.45, 7) is -0.577. The second-order valence-corrected chi connectivity index (χ2v) is 6.20. The van der Waals surface area contributed by atoms with Gasteiger partial charge in [0.15, 0.2) is 11.5 Å². The topological polar surface area (TPSA) is 177 Å². The molecule has 0 aliphatic carbocycles. The van der Waals surface area contributed by atoms with Gasteiger partial charge in [-0.05, 0) is 4.57 Å². The first kappa shape index (κ1) is 16.1. The molecule has 2 aromatic rings. The highest BCUT2D eigenvalue weighted by Crippen LogP contribution is 2.42. The zero-order valence-electron chi connectivity index (χ0n) is 11.7. The molecule has 11 nitrogen and oxygen atoms in total. The van der Waals surface area contributed by atoms with Crippen LogP contribution in [0.4, 0.5) is 5.82 Å². The third-order valence-corrected chi connectivity index (χ3v) is 4.56. The first-order chi connectivity index (χ1) is 10.9. The lowest BCUT2D eigenvalue weighted by molar-refractivity contribution is -0.130. The minimum absolute atomic E-state index is 0.0871. The predicted molar refractivity (Wildman–Crippen MR) is 76.4 cm³/mol. The van der Waals surface area contributed by atoms with E-state index in [4.69, 9.17) is 10.5 Å². The van der Waals surface area contributed by atoms with Gasteiger partial charge in [-0.1, -0.05) is 0 Å². The standard InChI is InChI=1S/C11H14N5O6P/c12-9-6-10(14-3-13-9)16(4-15-6)11(2-23(20)21)8(19)7(18)5(1-17)22-11/h3-5,7-8,17-19H,1-2H2,(H2-,12,13,14,20,21)/p+1/t5-,7-,8-,11-/m1/s1. The molecule has 0 amide bonds. The number of fused-ring (bicyclic) bond motifs is 1. The summed E-state index contributed by atoms with van der Waals surface area (Å²) in [5.41, 5.74) is 4.27. The normalized spacial score (nSPS) is 31.7. The van der Waals surface area contributed by atoms with Gasteiger partial charge in [0.2, 0.25) is 11.9 Å². The molecular formula is C11H15N5O6P+. The van der Waals surface area contributed by atoms with E-state index in [2.05, 4.69) is 15.0 Å². The van der Waals surface area contributed by atoms with Crippen molar-refractivity contribution in [2.75, 3.05) is 18.5 Å². The van der Waals surface area contributed by atoms with Crippen LogP contribution in [0.1, 0.15) is 0 Å². The predicted octanol–water partition coefficient (Wildman–Crippen LogP) is -2.09. The molecular weight excluding hydrogens is 329 g/mol. The minimum atomic E-state index is -2.75. The monoisotopic (exact) mass is 344 g/mol. The summed E-state index contributed by atoms with van der Waals surface area (Å²) < 4.78 is 18.2. The molecule has 1 aliphatic heterocycles. The Balaban J connectivity index is 2.20. The summed E-state index contributed by atoms with van der Waals surface area (Å²) in [6.07, 6.45) is -2.30. The van der Waals surface area contributed by atoms with Crippen LogP contribution in [0.3, 0.4) is 0 Å². The third-order valence-electron chi connectivity index (χ3n) is 3.83. The molecule has 0 bridgehead atoms. The SMILES string of the molecule is Nc1ncnc2c1ncn2[C@]1(C[P+](=O)O)O[C@H](CO)[C@@H](O)[C@H]1O. The Bertz CT molecular complexity index is 756. The molecule has 124 valence electrons. The average Bonchev–Trinajstić information content (AvgIpc) is 3.04. The number of anilines is 1. The largest absolute Gasteiger partial charge is 0.510 e. The van der Waals surface area contributed by atoms with E-state index in [-0.39, 0.29) is 17.0 Å². The van der Waals surface area contributed by atoms with E-state index >= 15 is 0 Å². The van der Waals surface area contributed by atoms with E-state index < -0.39 is 44.8 Å². The van der Waals surface area contributed by atoms with Crippen LogP contribution in [0.2, 0.25) is 0 Å². The maximum atomic E-state index is 11.4. The molecule has 0 radical (unpaired) electrons. The Kier molecular flexibility index (Phi) is 4.00. The Morgan fingerprint density at radius 3 is 2.74 bits per heavy atom. The summed E-state index contributed by atoms with van der Waals surface area (Å²) in [4.78, 5) is 21.2. The number of hydrogen-bond acceptors (Lipinski definition) is 9. The van der Waals surface area contributed by atoms with Crippen LogP contribution in [0.5, 0.6) is 0 Å². The van der Waals surface area contributed by atoms with Crippen molar-refractivity contribution in [2.24, 2.45) is 0 Å². The first-order valence-electron chi connectivity index (χ1n) is 6.63. The molecule has 1 saturated heterocycles. The molecule has 2 aromatic heterocycles. The van der Waals surface area contributed by atoms with Crippen molar-refractivity contribution in [3.05, 3.63) is 12.7 Å². The molecule has 12 heteroatoms. The fourth-order valence-electron chi connectivity index (χ4n) is 2.75. The van der Waals surface area contributed by atoms with E-state index in [0.717, 1.165) is 0 Å². The second-order valence-electron chi connectivity index (χ2n) is 5.18. The van der Waals surface area contributed by atoms with Crippen LogP contribution >= 0.6 is 8.03 Å². The number of nitrogens with two attached hydrogens (primary N) is 1. The lowest BCUT2D eigenvalue weighted by atomic mass is 10.0. The van der Waals surface area contributed by atoms with Crippen LogP contribution in [0.25, 0.3) is 11.2 Å². The summed E-state index contributed by atoms with van der Waals surface area (Å²) in [5, 5.41) is 29.7.